The van der Waals surface area contributed by atoms with Crippen molar-refractivity contribution in [2.45, 2.75) is 38.1 Å². The number of hydrogen-bond acceptors (Lipinski definition) is 5. The molecule has 3 rings (SSSR count). The van der Waals surface area contributed by atoms with E-state index in [0.717, 1.165) is 22.9 Å². The molecule has 3 aromatic rings. The topological polar surface area (TPSA) is 105 Å². The molecule has 2 N–H and O–H groups in total. The number of carbonyl (C=O) groups is 2. The number of nitrogens with zero attached hydrogens (tertiary/aromatic N) is 1. The van der Waals surface area contributed by atoms with Crippen LogP contribution in [0.3, 0.4) is 0 Å². The van der Waals surface area contributed by atoms with Gasteiger partial charge in [0.05, 0.1) is 28.4 Å². The monoisotopic (exact) mass is 527 g/mol. The largest absolute Gasteiger partial charge is 0.494 e. The number of anilines is 2. The molecule has 0 unspecified atom stereocenters. The first-order valence-corrected chi connectivity index (χ1v) is 13.3. The van der Waals surface area contributed by atoms with Crippen LogP contribution in [-0.2, 0) is 14.8 Å². The number of benzene rings is 3. The summed E-state index contributed by atoms with van der Waals surface area (Å²) in [6.45, 7) is 5.43. The summed E-state index contributed by atoms with van der Waals surface area (Å²) in [5, 5.41) is 5.49. The number of para-hydroxylation sites is 1. The van der Waals surface area contributed by atoms with Crippen molar-refractivity contribution in [1.29, 1.82) is 0 Å². The SMILES string of the molecule is CCOc1ccc(S(=O)(=O)N(CC(=O)Nc2ccccc2C(=O)N[C@@H](C)CC)c2ccc(F)cc2)cc1. The lowest BCUT2D eigenvalue weighted by Crippen LogP contribution is -2.38. The van der Waals surface area contributed by atoms with E-state index < -0.39 is 28.3 Å². The van der Waals surface area contributed by atoms with Crippen LogP contribution in [-0.4, -0.2) is 39.4 Å². The van der Waals surface area contributed by atoms with Gasteiger partial charge in [0, 0.05) is 6.04 Å². The molecule has 0 aliphatic rings. The van der Waals surface area contributed by atoms with E-state index >= 15 is 0 Å². The zero-order valence-electron chi connectivity index (χ0n) is 20.9. The lowest BCUT2D eigenvalue weighted by atomic mass is 10.1. The summed E-state index contributed by atoms with van der Waals surface area (Å²) < 4.78 is 46.9. The summed E-state index contributed by atoms with van der Waals surface area (Å²) in [7, 11) is -4.22. The number of sulfonamides is 1. The van der Waals surface area contributed by atoms with Gasteiger partial charge in [0.15, 0.2) is 0 Å². The number of halogens is 1. The molecule has 0 spiro atoms. The van der Waals surface area contributed by atoms with Gasteiger partial charge in [-0.15, -0.1) is 0 Å². The molecule has 0 aromatic heterocycles. The Morgan fingerprint density at radius 3 is 2.24 bits per heavy atom. The molecule has 0 heterocycles. The van der Waals surface area contributed by atoms with Crippen molar-refractivity contribution >= 4 is 33.2 Å². The Morgan fingerprint density at radius 2 is 1.62 bits per heavy atom. The van der Waals surface area contributed by atoms with Crippen LogP contribution in [0.2, 0.25) is 0 Å². The highest BCUT2D eigenvalue weighted by Crippen LogP contribution is 2.26. The third kappa shape index (κ3) is 7.07. The fourth-order valence-electron chi connectivity index (χ4n) is 3.44. The molecule has 3 aromatic carbocycles. The second-order valence-corrected chi connectivity index (χ2v) is 10.1. The summed E-state index contributed by atoms with van der Waals surface area (Å²) in [5.41, 5.74) is 0.595. The van der Waals surface area contributed by atoms with Crippen LogP contribution in [0, 0.1) is 5.82 Å². The van der Waals surface area contributed by atoms with Crippen LogP contribution in [0.15, 0.2) is 77.7 Å². The second kappa shape index (κ2) is 12.4. The van der Waals surface area contributed by atoms with Crippen molar-refractivity contribution in [3.8, 4) is 5.75 Å². The predicted octanol–water partition coefficient (Wildman–Crippen LogP) is 4.59. The number of hydrogen-bond donors (Lipinski definition) is 2. The normalized spacial score (nSPS) is 11.9. The highest BCUT2D eigenvalue weighted by atomic mass is 32.2. The van der Waals surface area contributed by atoms with Crippen molar-refractivity contribution in [2.24, 2.45) is 0 Å². The molecule has 0 aliphatic heterocycles. The maximum Gasteiger partial charge on any atom is 0.264 e. The van der Waals surface area contributed by atoms with Crippen molar-refractivity contribution in [1.82, 2.24) is 5.32 Å². The predicted molar refractivity (Wildman–Crippen MR) is 141 cm³/mol. The van der Waals surface area contributed by atoms with Gasteiger partial charge < -0.3 is 15.4 Å². The van der Waals surface area contributed by atoms with Gasteiger partial charge in [0.1, 0.15) is 18.1 Å². The van der Waals surface area contributed by atoms with Gasteiger partial charge in [-0.3, -0.25) is 13.9 Å². The van der Waals surface area contributed by atoms with E-state index in [1.54, 1.807) is 24.3 Å². The Bertz CT molecular complexity index is 1330. The van der Waals surface area contributed by atoms with Gasteiger partial charge in [0.2, 0.25) is 5.91 Å². The smallest absolute Gasteiger partial charge is 0.264 e. The van der Waals surface area contributed by atoms with Crippen molar-refractivity contribution in [2.75, 3.05) is 22.8 Å². The van der Waals surface area contributed by atoms with Crippen LogP contribution in [0.1, 0.15) is 37.6 Å². The summed E-state index contributed by atoms with van der Waals surface area (Å²) in [5.74, 6) is -1.09. The van der Waals surface area contributed by atoms with E-state index in [1.807, 2.05) is 20.8 Å². The molecule has 0 aliphatic carbocycles. The van der Waals surface area contributed by atoms with Gasteiger partial charge >= 0.3 is 0 Å². The lowest BCUT2D eigenvalue weighted by molar-refractivity contribution is -0.114. The number of amides is 2. The Balaban J connectivity index is 1.90. The van der Waals surface area contributed by atoms with Gasteiger partial charge in [-0.2, -0.15) is 0 Å². The van der Waals surface area contributed by atoms with E-state index in [-0.39, 0.29) is 33.8 Å². The third-order valence-corrected chi connectivity index (χ3v) is 7.35. The maximum atomic E-state index is 13.6. The summed E-state index contributed by atoms with van der Waals surface area (Å²) in [6, 6.07) is 17.0. The van der Waals surface area contributed by atoms with Crippen LogP contribution < -0.4 is 19.7 Å². The molecular formula is C27H30FN3O5S. The first-order valence-electron chi connectivity index (χ1n) is 11.9. The molecule has 196 valence electrons. The van der Waals surface area contributed by atoms with E-state index in [0.29, 0.717) is 12.4 Å². The quantitative estimate of drug-likeness (QED) is 0.380. The zero-order chi connectivity index (χ0) is 27.0. The number of ether oxygens (including phenoxy) is 1. The van der Waals surface area contributed by atoms with Gasteiger partial charge in [0.25, 0.3) is 15.9 Å². The second-order valence-electron chi connectivity index (χ2n) is 8.27. The number of carbonyl (C=O) groups excluding carboxylic acids is 2. The standard InChI is InChI=1S/C27H30FN3O5S/c1-4-19(3)29-27(33)24-8-6-7-9-25(24)30-26(32)18-31(21-12-10-20(28)11-13-21)37(34,35)23-16-14-22(15-17-23)36-5-2/h6-17,19H,4-5,18H2,1-3H3,(H,29,33)(H,30,32)/t19-/m0/s1. The molecule has 0 bridgehead atoms. The highest BCUT2D eigenvalue weighted by molar-refractivity contribution is 7.92. The average molecular weight is 528 g/mol. The molecule has 1 atom stereocenters. The van der Waals surface area contributed by atoms with Crippen LogP contribution >= 0.6 is 0 Å². The molecule has 0 radical (unpaired) electrons. The van der Waals surface area contributed by atoms with Crippen molar-refractivity contribution < 1.29 is 27.1 Å². The average Bonchev–Trinajstić information content (AvgIpc) is 2.88. The van der Waals surface area contributed by atoms with Crippen molar-refractivity contribution in [3.05, 3.63) is 84.2 Å². The maximum absolute atomic E-state index is 13.6. The first kappa shape index (κ1) is 27.7. The van der Waals surface area contributed by atoms with E-state index in [4.69, 9.17) is 4.74 Å². The molecule has 0 saturated carbocycles. The molecule has 10 heteroatoms. The Hall–Kier alpha value is -3.92. The third-order valence-electron chi connectivity index (χ3n) is 5.56. The Kier molecular flexibility index (Phi) is 9.24. The lowest BCUT2D eigenvalue weighted by Gasteiger charge is -2.24. The first-order chi connectivity index (χ1) is 17.6. The zero-order valence-corrected chi connectivity index (χ0v) is 21.7. The minimum Gasteiger partial charge on any atom is -0.494 e. The van der Waals surface area contributed by atoms with Crippen molar-refractivity contribution in [3.63, 3.8) is 0 Å². The number of nitrogens with one attached hydrogen (secondary N) is 2. The molecule has 0 fully saturated rings. The van der Waals surface area contributed by atoms with Crippen LogP contribution in [0.4, 0.5) is 15.8 Å². The van der Waals surface area contributed by atoms with Crippen LogP contribution in [0.25, 0.3) is 0 Å². The van der Waals surface area contributed by atoms with Gasteiger partial charge in [-0.25, -0.2) is 12.8 Å². The fourth-order valence-corrected chi connectivity index (χ4v) is 4.86. The van der Waals surface area contributed by atoms with E-state index in [1.165, 1.54) is 36.4 Å². The minimum absolute atomic E-state index is 0.0653. The summed E-state index contributed by atoms with van der Waals surface area (Å²) in [6.07, 6.45) is 0.732. The molecule has 8 nitrogen and oxygen atoms in total. The summed E-state index contributed by atoms with van der Waals surface area (Å²) in [4.78, 5) is 25.7. The number of rotatable bonds is 11. The summed E-state index contributed by atoms with van der Waals surface area (Å²) >= 11 is 0. The highest BCUT2D eigenvalue weighted by Gasteiger charge is 2.28. The molecule has 0 saturated heterocycles. The molecule has 2 amide bonds. The van der Waals surface area contributed by atoms with E-state index in [9.17, 15) is 22.4 Å². The van der Waals surface area contributed by atoms with Gasteiger partial charge in [-0.05, 0) is 80.9 Å². The fraction of sp³-hybridized carbons (Fsp3) is 0.259. The van der Waals surface area contributed by atoms with Crippen LogP contribution in [0.5, 0.6) is 5.75 Å². The van der Waals surface area contributed by atoms with E-state index in [2.05, 4.69) is 10.6 Å². The Labute approximate surface area is 216 Å². The Morgan fingerprint density at radius 1 is 0.973 bits per heavy atom. The minimum atomic E-state index is -4.22. The molecular weight excluding hydrogens is 497 g/mol. The molecule has 37 heavy (non-hydrogen) atoms. The van der Waals surface area contributed by atoms with Gasteiger partial charge in [-0.1, -0.05) is 19.1 Å².